The molecule has 0 bridgehead atoms. The van der Waals surface area contributed by atoms with Crippen LogP contribution in [0.4, 0.5) is 5.69 Å². The van der Waals surface area contributed by atoms with Crippen molar-refractivity contribution in [3.8, 4) is 11.4 Å². The Balaban J connectivity index is 1.71. The van der Waals surface area contributed by atoms with E-state index in [4.69, 9.17) is 4.52 Å². The lowest BCUT2D eigenvalue weighted by atomic mass is 10.1. The van der Waals surface area contributed by atoms with Crippen LogP contribution in [-0.2, 0) is 0 Å². The van der Waals surface area contributed by atoms with E-state index in [0.29, 0.717) is 5.82 Å². The minimum atomic E-state index is -0.389. The van der Waals surface area contributed by atoms with Crippen LogP contribution < -0.4 is 10.2 Å². The van der Waals surface area contributed by atoms with Gasteiger partial charge in [-0.25, -0.2) is 0 Å². The quantitative estimate of drug-likeness (QED) is 0.774. The van der Waals surface area contributed by atoms with Gasteiger partial charge in [0.05, 0.1) is 6.04 Å². The zero-order chi connectivity index (χ0) is 17.8. The first kappa shape index (κ1) is 16.7. The molecule has 3 rings (SSSR count). The van der Waals surface area contributed by atoms with Crippen LogP contribution in [0.2, 0.25) is 0 Å². The van der Waals surface area contributed by atoms with Gasteiger partial charge in [-0.15, -0.1) is 0 Å². The SMILES string of the molecule is CC(NC(=O)c1nc(-c2ccc(N(C)C)cc2)no1)c1ccccc1. The Morgan fingerprint density at radius 2 is 1.76 bits per heavy atom. The Labute approximate surface area is 146 Å². The van der Waals surface area contributed by atoms with E-state index >= 15 is 0 Å². The van der Waals surface area contributed by atoms with E-state index < -0.39 is 0 Å². The van der Waals surface area contributed by atoms with Crippen LogP contribution in [0.1, 0.15) is 29.2 Å². The van der Waals surface area contributed by atoms with Gasteiger partial charge in [-0.3, -0.25) is 4.79 Å². The summed E-state index contributed by atoms with van der Waals surface area (Å²) < 4.78 is 5.11. The summed E-state index contributed by atoms with van der Waals surface area (Å²) in [6.07, 6.45) is 0. The van der Waals surface area contributed by atoms with Gasteiger partial charge in [-0.05, 0) is 36.8 Å². The predicted octanol–water partition coefficient (Wildman–Crippen LogP) is 3.29. The Morgan fingerprint density at radius 1 is 1.08 bits per heavy atom. The van der Waals surface area contributed by atoms with Crippen molar-refractivity contribution in [1.29, 1.82) is 0 Å². The molecular formula is C19H20N4O2. The second kappa shape index (κ2) is 7.17. The zero-order valence-corrected chi connectivity index (χ0v) is 14.4. The molecule has 0 spiro atoms. The lowest BCUT2D eigenvalue weighted by Crippen LogP contribution is -2.26. The molecule has 0 aliphatic rings. The maximum absolute atomic E-state index is 12.3. The molecule has 25 heavy (non-hydrogen) atoms. The van der Waals surface area contributed by atoms with Crippen molar-refractivity contribution in [2.24, 2.45) is 0 Å². The number of carbonyl (C=O) groups excluding carboxylic acids is 1. The van der Waals surface area contributed by atoms with E-state index in [1.807, 2.05) is 80.5 Å². The molecule has 3 aromatic rings. The molecule has 6 heteroatoms. The van der Waals surface area contributed by atoms with E-state index in [9.17, 15) is 4.79 Å². The first-order chi connectivity index (χ1) is 12.0. The van der Waals surface area contributed by atoms with Crippen LogP contribution in [0.15, 0.2) is 59.1 Å². The highest BCUT2D eigenvalue weighted by atomic mass is 16.5. The Bertz CT molecular complexity index is 841. The molecular weight excluding hydrogens is 316 g/mol. The lowest BCUT2D eigenvalue weighted by molar-refractivity contribution is 0.0895. The first-order valence-corrected chi connectivity index (χ1v) is 8.02. The van der Waals surface area contributed by atoms with Crippen LogP contribution in [0, 0.1) is 0 Å². The fourth-order valence-corrected chi connectivity index (χ4v) is 2.43. The number of benzene rings is 2. The molecule has 128 valence electrons. The largest absolute Gasteiger partial charge is 0.378 e. The van der Waals surface area contributed by atoms with E-state index in [-0.39, 0.29) is 17.8 Å². The maximum atomic E-state index is 12.3. The van der Waals surface area contributed by atoms with Crippen LogP contribution in [0.3, 0.4) is 0 Å². The fourth-order valence-electron chi connectivity index (χ4n) is 2.43. The molecule has 0 radical (unpaired) electrons. The number of nitrogens with zero attached hydrogens (tertiary/aromatic N) is 3. The van der Waals surface area contributed by atoms with Gasteiger partial charge < -0.3 is 14.7 Å². The van der Waals surface area contributed by atoms with Crippen LogP contribution in [-0.4, -0.2) is 30.1 Å². The number of rotatable bonds is 5. The molecule has 0 fully saturated rings. The highest BCUT2D eigenvalue weighted by molar-refractivity contribution is 5.90. The van der Waals surface area contributed by atoms with Gasteiger partial charge in [-0.1, -0.05) is 35.5 Å². The van der Waals surface area contributed by atoms with Crippen molar-refractivity contribution >= 4 is 11.6 Å². The Hall–Kier alpha value is -3.15. The van der Waals surface area contributed by atoms with Crippen LogP contribution in [0.5, 0.6) is 0 Å². The maximum Gasteiger partial charge on any atom is 0.316 e. The molecule has 1 heterocycles. The van der Waals surface area contributed by atoms with Gasteiger partial charge in [0.1, 0.15) is 0 Å². The molecule has 1 unspecified atom stereocenters. The van der Waals surface area contributed by atoms with Crippen molar-refractivity contribution < 1.29 is 9.32 Å². The molecule has 6 nitrogen and oxygen atoms in total. The second-order valence-electron chi connectivity index (χ2n) is 5.97. The van der Waals surface area contributed by atoms with Crippen LogP contribution >= 0.6 is 0 Å². The molecule has 1 N–H and O–H groups in total. The number of hydrogen-bond donors (Lipinski definition) is 1. The summed E-state index contributed by atoms with van der Waals surface area (Å²) in [7, 11) is 3.94. The van der Waals surface area contributed by atoms with Crippen molar-refractivity contribution in [1.82, 2.24) is 15.5 Å². The summed E-state index contributed by atoms with van der Waals surface area (Å²) in [5, 5.41) is 6.76. The van der Waals surface area contributed by atoms with Gasteiger partial charge in [0, 0.05) is 25.3 Å². The van der Waals surface area contributed by atoms with Crippen molar-refractivity contribution in [2.45, 2.75) is 13.0 Å². The average Bonchev–Trinajstić information content (AvgIpc) is 3.13. The summed E-state index contributed by atoms with van der Waals surface area (Å²) in [5.41, 5.74) is 2.88. The zero-order valence-electron chi connectivity index (χ0n) is 14.4. The number of nitrogens with one attached hydrogen (secondary N) is 1. The van der Waals surface area contributed by atoms with Crippen LogP contribution in [0.25, 0.3) is 11.4 Å². The number of aromatic nitrogens is 2. The number of hydrogen-bond acceptors (Lipinski definition) is 5. The van der Waals surface area contributed by atoms with Gasteiger partial charge in [-0.2, -0.15) is 4.98 Å². The molecule has 0 aliphatic carbocycles. The highest BCUT2D eigenvalue weighted by Gasteiger charge is 2.18. The number of carbonyl (C=O) groups is 1. The number of anilines is 1. The molecule has 1 atom stereocenters. The summed E-state index contributed by atoms with van der Waals surface area (Å²) in [4.78, 5) is 18.5. The summed E-state index contributed by atoms with van der Waals surface area (Å²) in [6.45, 7) is 1.91. The molecule has 0 saturated carbocycles. The van der Waals surface area contributed by atoms with Gasteiger partial charge in [0.25, 0.3) is 0 Å². The van der Waals surface area contributed by atoms with E-state index in [0.717, 1.165) is 16.8 Å². The second-order valence-corrected chi connectivity index (χ2v) is 5.97. The van der Waals surface area contributed by atoms with Gasteiger partial charge >= 0.3 is 11.8 Å². The predicted molar refractivity (Wildman–Crippen MR) is 96.4 cm³/mol. The smallest absolute Gasteiger partial charge is 0.316 e. The average molecular weight is 336 g/mol. The molecule has 1 amide bonds. The van der Waals surface area contributed by atoms with Crippen molar-refractivity contribution in [3.63, 3.8) is 0 Å². The minimum absolute atomic E-state index is 0.0468. The molecule has 2 aromatic carbocycles. The molecule has 0 saturated heterocycles. The third kappa shape index (κ3) is 3.85. The number of amides is 1. The summed E-state index contributed by atoms with van der Waals surface area (Å²) in [6, 6.07) is 17.3. The minimum Gasteiger partial charge on any atom is -0.378 e. The van der Waals surface area contributed by atoms with E-state index in [2.05, 4.69) is 15.5 Å². The first-order valence-electron chi connectivity index (χ1n) is 8.02. The van der Waals surface area contributed by atoms with Crippen molar-refractivity contribution in [3.05, 3.63) is 66.1 Å². The molecule has 0 aliphatic heterocycles. The normalized spacial score (nSPS) is 11.8. The van der Waals surface area contributed by atoms with E-state index in [1.54, 1.807) is 0 Å². The third-order valence-corrected chi connectivity index (χ3v) is 3.91. The fraction of sp³-hybridized carbons (Fsp3) is 0.211. The van der Waals surface area contributed by atoms with Gasteiger partial charge in [0.2, 0.25) is 5.82 Å². The standard InChI is InChI=1S/C19H20N4O2/c1-13(14-7-5-4-6-8-14)20-18(24)19-21-17(22-25-19)15-9-11-16(12-10-15)23(2)3/h4-13H,1-3H3,(H,20,24). The summed E-state index contributed by atoms with van der Waals surface area (Å²) in [5.74, 6) is -0.0442. The lowest BCUT2D eigenvalue weighted by Gasteiger charge is -2.12. The summed E-state index contributed by atoms with van der Waals surface area (Å²) >= 11 is 0. The topological polar surface area (TPSA) is 71.3 Å². The third-order valence-electron chi connectivity index (χ3n) is 3.91. The van der Waals surface area contributed by atoms with E-state index in [1.165, 1.54) is 0 Å². The highest BCUT2D eigenvalue weighted by Crippen LogP contribution is 2.20. The van der Waals surface area contributed by atoms with Crippen molar-refractivity contribution in [2.75, 3.05) is 19.0 Å². The Kier molecular flexibility index (Phi) is 4.79. The Morgan fingerprint density at radius 3 is 2.40 bits per heavy atom. The molecule has 1 aromatic heterocycles. The van der Waals surface area contributed by atoms with Gasteiger partial charge in [0.15, 0.2) is 0 Å². The monoisotopic (exact) mass is 336 g/mol.